The lowest BCUT2D eigenvalue weighted by molar-refractivity contribution is -0.120. The molecule has 0 bridgehead atoms. The highest BCUT2D eigenvalue weighted by atomic mass is 35.5. The van der Waals surface area contributed by atoms with Gasteiger partial charge in [0.05, 0.1) is 17.1 Å². The van der Waals surface area contributed by atoms with Gasteiger partial charge in [-0.25, -0.2) is 4.39 Å². The van der Waals surface area contributed by atoms with E-state index in [1.54, 1.807) is 24.3 Å². The third kappa shape index (κ3) is 6.02. The van der Waals surface area contributed by atoms with Gasteiger partial charge >= 0.3 is 0 Å². The first-order valence-corrected chi connectivity index (χ1v) is 7.88. The maximum atomic E-state index is 12.8. The van der Waals surface area contributed by atoms with E-state index in [2.05, 4.69) is 21.5 Å². The summed E-state index contributed by atoms with van der Waals surface area (Å²) in [7, 11) is 0. The van der Waals surface area contributed by atoms with E-state index in [4.69, 9.17) is 23.8 Å². The minimum atomic E-state index is -0.511. The number of hydrogen-bond donors (Lipinski definition) is 4. The normalized spacial score (nSPS) is 9.84. The predicted octanol–water partition coefficient (Wildman–Crippen LogP) is 2.23. The molecule has 2 aromatic rings. The van der Waals surface area contributed by atoms with Crippen molar-refractivity contribution in [3.8, 4) is 0 Å². The zero-order chi connectivity index (χ0) is 18.2. The second-order valence-corrected chi connectivity index (χ2v) is 5.61. The average molecular weight is 381 g/mol. The maximum Gasteiger partial charge on any atom is 0.257 e. The third-order valence-electron chi connectivity index (χ3n) is 2.95. The molecule has 2 amide bonds. The van der Waals surface area contributed by atoms with E-state index in [0.717, 1.165) is 0 Å². The van der Waals surface area contributed by atoms with Gasteiger partial charge in [0.2, 0.25) is 0 Å². The highest BCUT2D eigenvalue weighted by Crippen LogP contribution is 2.14. The van der Waals surface area contributed by atoms with Gasteiger partial charge in [0.1, 0.15) is 5.82 Å². The molecule has 0 saturated carbocycles. The van der Waals surface area contributed by atoms with Gasteiger partial charge in [0, 0.05) is 5.69 Å². The first-order valence-electron chi connectivity index (χ1n) is 7.10. The van der Waals surface area contributed by atoms with Crippen LogP contribution in [-0.2, 0) is 4.79 Å². The first kappa shape index (κ1) is 18.6. The number of thiocarbonyl (C=S) groups is 1. The van der Waals surface area contributed by atoms with Crippen molar-refractivity contribution in [2.45, 2.75) is 0 Å². The second-order valence-electron chi connectivity index (χ2n) is 4.80. The molecule has 2 rings (SSSR count). The highest BCUT2D eigenvalue weighted by Gasteiger charge is 2.11. The molecule has 0 aliphatic heterocycles. The molecule has 0 heterocycles. The number of amides is 2. The van der Waals surface area contributed by atoms with Gasteiger partial charge in [-0.2, -0.15) is 0 Å². The number of halogens is 2. The number of hydrogen-bond acceptors (Lipinski definition) is 3. The molecular weight excluding hydrogens is 367 g/mol. The number of hydrazine groups is 1. The maximum absolute atomic E-state index is 12.8. The molecule has 0 aliphatic carbocycles. The number of carbonyl (C=O) groups excluding carboxylic acids is 2. The van der Waals surface area contributed by atoms with E-state index in [1.165, 1.54) is 24.3 Å². The minimum absolute atomic E-state index is 0.109. The smallest absolute Gasteiger partial charge is 0.257 e. The minimum Gasteiger partial charge on any atom is -0.343 e. The SMILES string of the molecule is O=C(CNC(=O)c1ccccc1Cl)NNC(=S)Nc1ccc(F)cc1. The monoisotopic (exact) mass is 380 g/mol. The molecule has 0 unspecified atom stereocenters. The van der Waals surface area contributed by atoms with Gasteiger partial charge in [-0.05, 0) is 48.6 Å². The largest absolute Gasteiger partial charge is 0.343 e. The van der Waals surface area contributed by atoms with Crippen LogP contribution in [0, 0.1) is 5.82 Å². The van der Waals surface area contributed by atoms with Crippen molar-refractivity contribution in [2.75, 3.05) is 11.9 Å². The van der Waals surface area contributed by atoms with Crippen molar-refractivity contribution >= 4 is 46.4 Å². The summed E-state index contributed by atoms with van der Waals surface area (Å²) in [6.45, 7) is -0.268. The lowest BCUT2D eigenvalue weighted by Crippen LogP contribution is -2.47. The molecule has 0 aromatic heterocycles. The molecule has 0 fully saturated rings. The van der Waals surface area contributed by atoms with Gasteiger partial charge in [0.15, 0.2) is 5.11 Å². The van der Waals surface area contributed by atoms with E-state index >= 15 is 0 Å². The molecule has 25 heavy (non-hydrogen) atoms. The molecule has 0 radical (unpaired) electrons. The average Bonchev–Trinajstić information content (AvgIpc) is 2.60. The van der Waals surface area contributed by atoms with Crippen molar-refractivity contribution < 1.29 is 14.0 Å². The van der Waals surface area contributed by atoms with E-state index < -0.39 is 11.8 Å². The molecule has 4 N–H and O–H groups in total. The quantitative estimate of drug-likeness (QED) is 0.483. The van der Waals surface area contributed by atoms with Crippen LogP contribution < -0.4 is 21.5 Å². The Balaban J connectivity index is 1.73. The summed E-state index contributed by atoms with van der Waals surface area (Å²) in [5.74, 6) is -1.34. The van der Waals surface area contributed by atoms with Crippen LogP contribution in [0.25, 0.3) is 0 Å². The van der Waals surface area contributed by atoms with Crippen LogP contribution in [0.4, 0.5) is 10.1 Å². The van der Waals surface area contributed by atoms with Crippen LogP contribution in [-0.4, -0.2) is 23.5 Å². The molecule has 2 aromatic carbocycles. The fraction of sp³-hybridized carbons (Fsp3) is 0.0625. The molecular formula is C16H14ClFN4O2S. The van der Waals surface area contributed by atoms with E-state index in [1.807, 2.05) is 0 Å². The Bertz CT molecular complexity index is 786. The summed E-state index contributed by atoms with van der Waals surface area (Å²) in [5.41, 5.74) is 5.62. The standard InChI is InChI=1S/C16H14ClFN4O2S/c17-13-4-2-1-3-12(13)15(24)19-9-14(23)21-22-16(25)20-11-7-5-10(18)6-8-11/h1-8H,9H2,(H,19,24)(H,21,23)(H2,20,22,25). The number of anilines is 1. The summed E-state index contributed by atoms with van der Waals surface area (Å²) in [4.78, 5) is 23.6. The summed E-state index contributed by atoms with van der Waals surface area (Å²) < 4.78 is 12.8. The highest BCUT2D eigenvalue weighted by molar-refractivity contribution is 7.80. The first-order chi connectivity index (χ1) is 12.0. The van der Waals surface area contributed by atoms with Gasteiger partial charge in [-0.3, -0.25) is 20.4 Å². The summed E-state index contributed by atoms with van der Waals surface area (Å²) in [5, 5.41) is 5.60. The Labute approximate surface area is 153 Å². The Morgan fingerprint density at radius 3 is 2.40 bits per heavy atom. The molecule has 0 atom stereocenters. The van der Waals surface area contributed by atoms with E-state index in [9.17, 15) is 14.0 Å². The van der Waals surface area contributed by atoms with Crippen molar-refractivity contribution in [2.24, 2.45) is 0 Å². The fourth-order valence-corrected chi connectivity index (χ4v) is 2.16. The molecule has 0 aliphatic rings. The molecule has 9 heteroatoms. The Morgan fingerprint density at radius 2 is 1.72 bits per heavy atom. The van der Waals surface area contributed by atoms with Crippen molar-refractivity contribution in [3.63, 3.8) is 0 Å². The number of benzene rings is 2. The summed E-state index contributed by atoms with van der Waals surface area (Å²) in [6, 6.07) is 12.0. The molecule has 0 spiro atoms. The number of rotatable bonds is 4. The van der Waals surface area contributed by atoms with Crippen LogP contribution in [0.1, 0.15) is 10.4 Å². The summed E-state index contributed by atoms with van der Waals surface area (Å²) in [6.07, 6.45) is 0. The lowest BCUT2D eigenvalue weighted by atomic mass is 10.2. The zero-order valence-electron chi connectivity index (χ0n) is 12.8. The van der Waals surface area contributed by atoms with Crippen LogP contribution >= 0.6 is 23.8 Å². The van der Waals surface area contributed by atoms with Crippen LogP contribution in [0.15, 0.2) is 48.5 Å². The molecule has 130 valence electrons. The third-order valence-corrected chi connectivity index (χ3v) is 3.48. The predicted molar refractivity (Wildman–Crippen MR) is 97.7 cm³/mol. The topological polar surface area (TPSA) is 82.3 Å². The van der Waals surface area contributed by atoms with Crippen molar-refractivity contribution in [1.29, 1.82) is 0 Å². The van der Waals surface area contributed by atoms with Gasteiger partial charge in [-0.1, -0.05) is 23.7 Å². The Kier molecular flexibility index (Phi) is 6.67. The molecule has 6 nitrogen and oxygen atoms in total. The van der Waals surface area contributed by atoms with Crippen molar-refractivity contribution in [1.82, 2.24) is 16.2 Å². The Hall–Kier alpha value is -2.71. The van der Waals surface area contributed by atoms with Crippen LogP contribution in [0.3, 0.4) is 0 Å². The number of nitrogens with one attached hydrogen (secondary N) is 4. The van der Waals surface area contributed by atoms with E-state index in [0.29, 0.717) is 10.7 Å². The van der Waals surface area contributed by atoms with Crippen molar-refractivity contribution in [3.05, 3.63) is 64.9 Å². The van der Waals surface area contributed by atoms with Gasteiger partial charge in [0.25, 0.3) is 11.8 Å². The number of carbonyl (C=O) groups is 2. The molecule has 0 saturated heterocycles. The lowest BCUT2D eigenvalue weighted by Gasteiger charge is -2.12. The van der Waals surface area contributed by atoms with Gasteiger partial charge < -0.3 is 10.6 Å². The second kappa shape index (κ2) is 8.95. The van der Waals surface area contributed by atoms with Crippen LogP contribution in [0.5, 0.6) is 0 Å². The van der Waals surface area contributed by atoms with Gasteiger partial charge in [-0.15, -0.1) is 0 Å². The van der Waals surface area contributed by atoms with Crippen LogP contribution in [0.2, 0.25) is 5.02 Å². The summed E-state index contributed by atoms with van der Waals surface area (Å²) >= 11 is 10.9. The fourth-order valence-electron chi connectivity index (χ4n) is 1.77. The Morgan fingerprint density at radius 1 is 1.04 bits per heavy atom. The van der Waals surface area contributed by atoms with E-state index in [-0.39, 0.29) is 23.0 Å². The zero-order valence-corrected chi connectivity index (χ0v) is 14.4.